The Kier molecular flexibility index (Phi) is 6.00. The van der Waals surface area contributed by atoms with Gasteiger partial charge in [-0.2, -0.15) is 0 Å². The molecule has 26 heavy (non-hydrogen) atoms. The first kappa shape index (κ1) is 18.5. The zero-order chi connectivity index (χ0) is 18.5. The molecule has 1 fully saturated rings. The largest absolute Gasteiger partial charge is 0.494 e. The number of thioether (sulfide) groups is 1. The lowest BCUT2D eigenvalue weighted by Gasteiger charge is -2.29. The molecule has 3 rings (SSSR count). The molecule has 0 spiro atoms. The van der Waals surface area contributed by atoms with E-state index >= 15 is 0 Å². The summed E-state index contributed by atoms with van der Waals surface area (Å²) in [5.41, 5.74) is 1.41. The first-order chi connectivity index (χ1) is 12.6. The fourth-order valence-electron chi connectivity index (χ4n) is 2.81. The Morgan fingerprint density at radius 3 is 2.58 bits per heavy atom. The second-order valence-corrected chi connectivity index (χ2v) is 6.73. The van der Waals surface area contributed by atoms with Crippen LogP contribution in [0.3, 0.4) is 0 Å². The van der Waals surface area contributed by atoms with Crippen LogP contribution in [0.15, 0.2) is 40.3 Å². The molecule has 0 radical (unpaired) electrons. The Hall–Kier alpha value is -2.25. The van der Waals surface area contributed by atoms with E-state index in [9.17, 15) is 9.59 Å². The van der Waals surface area contributed by atoms with Gasteiger partial charge in [-0.1, -0.05) is 23.9 Å². The Morgan fingerprint density at radius 2 is 1.96 bits per heavy atom. The van der Waals surface area contributed by atoms with Gasteiger partial charge in [0.15, 0.2) is 0 Å². The fraction of sp³-hybridized carbons (Fsp3) is 0.368. The highest BCUT2D eigenvalue weighted by molar-refractivity contribution is 8.08. The van der Waals surface area contributed by atoms with Crippen LogP contribution >= 0.6 is 11.8 Å². The minimum Gasteiger partial charge on any atom is -0.494 e. The third kappa shape index (κ3) is 3.94. The van der Waals surface area contributed by atoms with Crippen LogP contribution in [0.1, 0.15) is 12.5 Å². The first-order valence-corrected chi connectivity index (χ1v) is 9.28. The minimum absolute atomic E-state index is 0.161. The molecular weight excluding hydrogens is 354 g/mol. The molecule has 138 valence electrons. The van der Waals surface area contributed by atoms with Gasteiger partial charge in [-0.25, -0.2) is 4.79 Å². The van der Waals surface area contributed by atoms with Crippen molar-refractivity contribution in [3.63, 3.8) is 0 Å². The van der Waals surface area contributed by atoms with Crippen molar-refractivity contribution in [3.05, 3.63) is 45.8 Å². The number of carbonyl (C=O) groups is 2. The predicted molar refractivity (Wildman–Crippen MR) is 99.6 cm³/mol. The van der Waals surface area contributed by atoms with Gasteiger partial charge in [0.1, 0.15) is 5.75 Å². The van der Waals surface area contributed by atoms with Crippen molar-refractivity contribution in [2.45, 2.75) is 6.92 Å². The van der Waals surface area contributed by atoms with Crippen molar-refractivity contribution in [2.24, 2.45) is 0 Å². The second-order valence-electron chi connectivity index (χ2n) is 5.70. The summed E-state index contributed by atoms with van der Waals surface area (Å²) in [4.78, 5) is 27.1. The molecule has 0 aromatic heterocycles. The smallest absolute Gasteiger partial charge is 0.331 e. The van der Waals surface area contributed by atoms with Crippen LogP contribution in [0.5, 0.6) is 5.75 Å². The molecule has 0 atom stereocenters. The van der Waals surface area contributed by atoms with Gasteiger partial charge in [0.2, 0.25) is 5.78 Å². The average Bonchev–Trinajstić information content (AvgIpc) is 2.99. The van der Waals surface area contributed by atoms with Crippen LogP contribution in [0, 0.1) is 0 Å². The Labute approximate surface area is 156 Å². The standard InChI is InChI=1S/C19H21NO5S/c1-3-25-14-6-4-13(5-7-14)17-18(22)15(12-16(21)23-2)26-19(17)20-8-10-24-11-9-20/h4-7,12H,3,8-11H2,1-2H3/b15-12+. The van der Waals surface area contributed by atoms with E-state index in [0.717, 1.165) is 16.3 Å². The Bertz CT molecular complexity index is 748. The number of esters is 1. The van der Waals surface area contributed by atoms with Gasteiger partial charge < -0.3 is 19.1 Å². The lowest BCUT2D eigenvalue weighted by molar-refractivity contribution is -0.135. The summed E-state index contributed by atoms with van der Waals surface area (Å²) in [7, 11) is 1.30. The first-order valence-electron chi connectivity index (χ1n) is 8.46. The highest BCUT2D eigenvalue weighted by atomic mass is 32.2. The lowest BCUT2D eigenvalue weighted by Crippen LogP contribution is -2.34. The Balaban J connectivity index is 1.97. The number of nitrogens with zero attached hydrogens (tertiary/aromatic N) is 1. The maximum atomic E-state index is 13.0. The average molecular weight is 375 g/mol. The van der Waals surface area contributed by atoms with E-state index in [0.29, 0.717) is 43.4 Å². The van der Waals surface area contributed by atoms with Crippen molar-refractivity contribution >= 4 is 29.1 Å². The van der Waals surface area contributed by atoms with Gasteiger partial charge in [-0.15, -0.1) is 0 Å². The number of ether oxygens (including phenoxy) is 3. The molecule has 1 aromatic carbocycles. The van der Waals surface area contributed by atoms with E-state index in [1.54, 1.807) is 0 Å². The summed E-state index contributed by atoms with van der Waals surface area (Å²) < 4.78 is 15.6. The fourth-order valence-corrected chi connectivity index (χ4v) is 3.99. The minimum atomic E-state index is -0.532. The number of hydrogen-bond acceptors (Lipinski definition) is 7. The third-order valence-electron chi connectivity index (χ3n) is 4.07. The SMILES string of the molecule is CCOc1ccc(C2=C(N3CCOCC3)S/C(=C/C(=O)OC)C2=O)cc1. The highest BCUT2D eigenvalue weighted by Gasteiger charge is 2.34. The number of rotatable bonds is 5. The van der Waals surface area contributed by atoms with Crippen molar-refractivity contribution in [1.29, 1.82) is 0 Å². The molecule has 0 amide bonds. The summed E-state index contributed by atoms with van der Waals surface area (Å²) in [6.07, 6.45) is 1.26. The molecule has 0 aliphatic carbocycles. The van der Waals surface area contributed by atoms with Gasteiger partial charge >= 0.3 is 5.97 Å². The highest BCUT2D eigenvalue weighted by Crippen LogP contribution is 2.45. The molecule has 0 saturated carbocycles. The summed E-state index contributed by atoms with van der Waals surface area (Å²) >= 11 is 1.32. The molecule has 6 nitrogen and oxygen atoms in total. The van der Waals surface area contributed by atoms with Crippen LogP contribution in [0.25, 0.3) is 5.57 Å². The normalized spacial score (nSPS) is 19.2. The molecule has 0 bridgehead atoms. The number of allylic oxidation sites excluding steroid dienone is 2. The van der Waals surface area contributed by atoms with E-state index in [4.69, 9.17) is 9.47 Å². The second kappa shape index (κ2) is 8.42. The molecule has 2 aliphatic rings. The van der Waals surface area contributed by atoms with Gasteiger partial charge in [0.25, 0.3) is 0 Å². The topological polar surface area (TPSA) is 65.1 Å². The number of hydrogen-bond donors (Lipinski definition) is 0. The van der Waals surface area contributed by atoms with Crippen LogP contribution < -0.4 is 4.74 Å². The van der Waals surface area contributed by atoms with Gasteiger partial charge in [-0.3, -0.25) is 4.79 Å². The van der Waals surface area contributed by atoms with Crippen LogP contribution in [-0.4, -0.2) is 56.7 Å². The summed E-state index contributed by atoms with van der Waals surface area (Å²) in [5.74, 6) is 0.0642. The zero-order valence-electron chi connectivity index (χ0n) is 14.8. The van der Waals surface area contributed by atoms with Gasteiger partial charge in [-0.05, 0) is 24.6 Å². The number of morpholine rings is 1. The number of methoxy groups -OCH3 is 1. The van der Waals surface area contributed by atoms with Crippen molar-refractivity contribution in [1.82, 2.24) is 4.90 Å². The van der Waals surface area contributed by atoms with Crippen molar-refractivity contribution in [2.75, 3.05) is 40.0 Å². The third-order valence-corrected chi connectivity index (χ3v) is 5.25. The molecular formula is C19H21NO5S. The molecule has 1 saturated heterocycles. The van der Waals surface area contributed by atoms with Crippen LogP contribution in [0.4, 0.5) is 0 Å². The predicted octanol–water partition coefficient (Wildman–Crippen LogP) is 2.46. The molecule has 7 heteroatoms. The zero-order valence-corrected chi connectivity index (χ0v) is 15.6. The quantitative estimate of drug-likeness (QED) is 0.578. The van der Waals surface area contributed by atoms with Gasteiger partial charge in [0, 0.05) is 19.2 Å². The van der Waals surface area contributed by atoms with Crippen LogP contribution in [0.2, 0.25) is 0 Å². The number of ketones is 1. The lowest BCUT2D eigenvalue weighted by atomic mass is 10.0. The van der Waals surface area contributed by atoms with E-state index in [1.807, 2.05) is 31.2 Å². The van der Waals surface area contributed by atoms with Crippen LogP contribution in [-0.2, 0) is 19.1 Å². The maximum Gasteiger partial charge on any atom is 0.331 e. The van der Waals surface area contributed by atoms with Crippen molar-refractivity contribution in [3.8, 4) is 5.75 Å². The molecule has 2 heterocycles. The molecule has 0 N–H and O–H groups in total. The van der Waals surface area contributed by atoms with E-state index in [-0.39, 0.29) is 5.78 Å². The molecule has 1 aromatic rings. The number of Topliss-reactive ketones (excluding diaryl/α,β-unsaturated/α-hetero) is 1. The molecule has 0 unspecified atom stereocenters. The maximum absolute atomic E-state index is 13.0. The summed E-state index contributed by atoms with van der Waals surface area (Å²) in [6, 6.07) is 7.45. The number of benzene rings is 1. The van der Waals surface area contributed by atoms with E-state index < -0.39 is 5.97 Å². The molecule has 2 aliphatic heterocycles. The van der Waals surface area contributed by atoms with E-state index in [2.05, 4.69) is 9.64 Å². The van der Waals surface area contributed by atoms with E-state index in [1.165, 1.54) is 24.9 Å². The number of carbonyl (C=O) groups excluding carboxylic acids is 2. The monoisotopic (exact) mass is 375 g/mol. The van der Waals surface area contributed by atoms with Crippen molar-refractivity contribution < 1.29 is 23.8 Å². The summed E-state index contributed by atoms with van der Waals surface area (Å²) in [6.45, 7) is 5.16. The summed E-state index contributed by atoms with van der Waals surface area (Å²) in [5, 5.41) is 0.859. The Morgan fingerprint density at radius 1 is 1.27 bits per heavy atom. The van der Waals surface area contributed by atoms with Gasteiger partial charge in [0.05, 0.1) is 42.4 Å².